The lowest BCUT2D eigenvalue weighted by Gasteiger charge is -2.12. The molecule has 0 saturated carbocycles. The van der Waals surface area contributed by atoms with Crippen molar-refractivity contribution in [2.24, 2.45) is 0 Å². The maximum Gasteiger partial charge on any atom is 0.163 e. The topological polar surface area (TPSA) is 26.3 Å². The van der Waals surface area contributed by atoms with Crippen LogP contribution in [0.5, 0.6) is 5.75 Å². The van der Waals surface area contributed by atoms with Gasteiger partial charge in [0.2, 0.25) is 0 Å². The van der Waals surface area contributed by atoms with Crippen molar-refractivity contribution >= 4 is 17.4 Å². The summed E-state index contributed by atoms with van der Waals surface area (Å²) in [5, 5.41) is 0.593. The predicted octanol–water partition coefficient (Wildman–Crippen LogP) is 4.57. The average molecular weight is 293 g/mol. The molecule has 2 nitrogen and oxygen atoms in total. The molecule has 0 spiro atoms. The number of hydrogen-bond acceptors (Lipinski definition) is 2. The van der Waals surface area contributed by atoms with Crippen LogP contribution in [0.2, 0.25) is 5.02 Å². The molecule has 0 aromatic heterocycles. The molecule has 0 saturated heterocycles. The fourth-order valence-electron chi connectivity index (χ4n) is 1.82. The number of hydrogen-bond donors (Lipinski definition) is 0. The van der Waals surface area contributed by atoms with Crippen LogP contribution in [-0.4, -0.2) is 5.78 Å². The van der Waals surface area contributed by atoms with Gasteiger partial charge in [0.05, 0.1) is 5.56 Å². The van der Waals surface area contributed by atoms with Crippen LogP contribution in [0.1, 0.15) is 28.4 Å². The van der Waals surface area contributed by atoms with Crippen molar-refractivity contribution in [2.75, 3.05) is 0 Å². The van der Waals surface area contributed by atoms with Crippen molar-refractivity contribution in [1.82, 2.24) is 0 Å². The molecule has 2 aromatic carbocycles. The number of carbonyl (C=O) groups excluding carboxylic acids is 1. The van der Waals surface area contributed by atoms with E-state index in [1.165, 1.54) is 19.1 Å². The third-order valence-corrected chi connectivity index (χ3v) is 3.35. The summed E-state index contributed by atoms with van der Waals surface area (Å²) < 4.78 is 19.1. The van der Waals surface area contributed by atoms with Gasteiger partial charge in [-0.2, -0.15) is 0 Å². The van der Waals surface area contributed by atoms with E-state index in [1.54, 1.807) is 13.0 Å². The van der Waals surface area contributed by atoms with E-state index in [-0.39, 0.29) is 18.0 Å². The van der Waals surface area contributed by atoms with Gasteiger partial charge in [-0.05, 0) is 37.6 Å². The van der Waals surface area contributed by atoms with Gasteiger partial charge in [0.15, 0.2) is 5.78 Å². The lowest BCUT2D eigenvalue weighted by Crippen LogP contribution is -2.03. The number of carbonyl (C=O) groups is 1. The second-order valence-electron chi connectivity index (χ2n) is 4.53. The van der Waals surface area contributed by atoms with Gasteiger partial charge in [-0.1, -0.05) is 29.8 Å². The van der Waals surface area contributed by atoms with E-state index in [4.69, 9.17) is 16.3 Å². The second-order valence-corrected chi connectivity index (χ2v) is 4.94. The standard InChI is InChI=1S/C16H14ClFO2/c1-10-7-16(13(11(2)19)8-15(10)18)20-9-12-5-3-4-6-14(12)17/h3-8H,9H2,1-2H3. The van der Waals surface area contributed by atoms with Gasteiger partial charge < -0.3 is 4.74 Å². The van der Waals surface area contributed by atoms with Crippen molar-refractivity contribution < 1.29 is 13.9 Å². The molecular weight excluding hydrogens is 279 g/mol. The molecule has 0 heterocycles. The van der Waals surface area contributed by atoms with E-state index in [2.05, 4.69) is 0 Å². The molecule has 0 amide bonds. The monoisotopic (exact) mass is 292 g/mol. The minimum Gasteiger partial charge on any atom is -0.488 e. The highest BCUT2D eigenvalue weighted by molar-refractivity contribution is 6.31. The highest BCUT2D eigenvalue weighted by Gasteiger charge is 2.13. The molecule has 0 radical (unpaired) electrons. The Kier molecular flexibility index (Phi) is 4.40. The maximum absolute atomic E-state index is 13.5. The number of rotatable bonds is 4. The zero-order chi connectivity index (χ0) is 14.7. The van der Waals surface area contributed by atoms with Gasteiger partial charge in [-0.25, -0.2) is 4.39 Å². The summed E-state index contributed by atoms with van der Waals surface area (Å²) in [6, 6.07) is 10.0. The summed E-state index contributed by atoms with van der Waals surface area (Å²) in [7, 11) is 0. The highest BCUT2D eigenvalue weighted by atomic mass is 35.5. The Morgan fingerprint density at radius 1 is 1.30 bits per heavy atom. The van der Waals surface area contributed by atoms with Crippen LogP contribution in [-0.2, 0) is 6.61 Å². The van der Waals surface area contributed by atoms with Gasteiger partial charge in [0, 0.05) is 10.6 Å². The van der Waals surface area contributed by atoms with E-state index < -0.39 is 5.82 Å². The first-order valence-corrected chi connectivity index (χ1v) is 6.54. The Bertz CT molecular complexity index is 653. The first kappa shape index (κ1) is 14.5. The third kappa shape index (κ3) is 3.17. The SMILES string of the molecule is CC(=O)c1cc(F)c(C)cc1OCc1ccccc1Cl. The van der Waals surface area contributed by atoms with Crippen LogP contribution in [0, 0.1) is 12.7 Å². The van der Waals surface area contributed by atoms with E-state index in [0.717, 1.165) is 5.56 Å². The molecule has 0 aliphatic heterocycles. The fourth-order valence-corrected chi connectivity index (χ4v) is 2.01. The van der Waals surface area contributed by atoms with E-state index in [9.17, 15) is 9.18 Å². The Balaban J connectivity index is 2.27. The molecule has 0 bridgehead atoms. The molecule has 0 atom stereocenters. The summed E-state index contributed by atoms with van der Waals surface area (Å²) in [5.41, 5.74) is 1.48. The van der Waals surface area contributed by atoms with Crippen molar-refractivity contribution in [3.05, 3.63) is 63.9 Å². The van der Waals surface area contributed by atoms with Gasteiger partial charge in [-0.15, -0.1) is 0 Å². The molecule has 0 aliphatic carbocycles. The van der Waals surface area contributed by atoms with Crippen molar-refractivity contribution in [1.29, 1.82) is 0 Å². The van der Waals surface area contributed by atoms with Crippen LogP contribution < -0.4 is 4.74 Å². The van der Waals surface area contributed by atoms with Gasteiger partial charge >= 0.3 is 0 Å². The zero-order valence-electron chi connectivity index (χ0n) is 11.2. The third-order valence-electron chi connectivity index (χ3n) is 2.98. The largest absolute Gasteiger partial charge is 0.488 e. The Morgan fingerprint density at radius 3 is 2.65 bits per heavy atom. The predicted molar refractivity (Wildman–Crippen MR) is 76.9 cm³/mol. The van der Waals surface area contributed by atoms with E-state index in [0.29, 0.717) is 16.3 Å². The van der Waals surface area contributed by atoms with Crippen molar-refractivity contribution in [3.63, 3.8) is 0 Å². The molecule has 104 valence electrons. The smallest absolute Gasteiger partial charge is 0.163 e. The number of Topliss-reactive ketones (excluding diaryl/α,β-unsaturated/α-hetero) is 1. The number of ketones is 1. The summed E-state index contributed by atoms with van der Waals surface area (Å²) >= 11 is 6.04. The number of halogens is 2. The Morgan fingerprint density at radius 2 is 2.00 bits per heavy atom. The van der Waals surface area contributed by atoms with E-state index >= 15 is 0 Å². The first-order valence-electron chi connectivity index (χ1n) is 6.16. The minimum absolute atomic E-state index is 0.227. The van der Waals surface area contributed by atoms with Crippen molar-refractivity contribution in [3.8, 4) is 5.75 Å². The van der Waals surface area contributed by atoms with Crippen LogP contribution in [0.25, 0.3) is 0 Å². The van der Waals surface area contributed by atoms with Gasteiger partial charge in [0.1, 0.15) is 18.2 Å². The maximum atomic E-state index is 13.5. The summed E-state index contributed by atoms with van der Waals surface area (Å²) in [4.78, 5) is 11.5. The average Bonchev–Trinajstić information content (AvgIpc) is 2.41. The molecule has 0 N–H and O–H groups in total. The van der Waals surface area contributed by atoms with Gasteiger partial charge in [0.25, 0.3) is 0 Å². The number of ether oxygens (including phenoxy) is 1. The Hall–Kier alpha value is -1.87. The molecule has 0 fully saturated rings. The molecule has 0 aliphatic rings. The number of benzene rings is 2. The molecule has 4 heteroatoms. The quantitative estimate of drug-likeness (QED) is 0.772. The zero-order valence-corrected chi connectivity index (χ0v) is 12.0. The normalized spacial score (nSPS) is 10.4. The highest BCUT2D eigenvalue weighted by Crippen LogP contribution is 2.25. The summed E-state index contributed by atoms with van der Waals surface area (Å²) in [6.07, 6.45) is 0. The second kappa shape index (κ2) is 6.06. The summed E-state index contributed by atoms with van der Waals surface area (Å²) in [5.74, 6) is -0.283. The van der Waals surface area contributed by atoms with Crippen LogP contribution in [0.3, 0.4) is 0 Å². The molecular formula is C16H14ClFO2. The van der Waals surface area contributed by atoms with Crippen LogP contribution in [0.4, 0.5) is 4.39 Å². The molecule has 2 aromatic rings. The summed E-state index contributed by atoms with van der Waals surface area (Å²) in [6.45, 7) is 3.24. The fraction of sp³-hybridized carbons (Fsp3) is 0.188. The lowest BCUT2D eigenvalue weighted by atomic mass is 10.1. The van der Waals surface area contributed by atoms with Crippen LogP contribution >= 0.6 is 11.6 Å². The van der Waals surface area contributed by atoms with Gasteiger partial charge in [-0.3, -0.25) is 4.79 Å². The van der Waals surface area contributed by atoms with Crippen LogP contribution in [0.15, 0.2) is 36.4 Å². The minimum atomic E-state index is -0.416. The van der Waals surface area contributed by atoms with E-state index in [1.807, 2.05) is 18.2 Å². The number of aryl methyl sites for hydroxylation is 1. The van der Waals surface area contributed by atoms with Crippen molar-refractivity contribution in [2.45, 2.75) is 20.5 Å². The molecule has 2 rings (SSSR count). The Labute approximate surface area is 122 Å². The molecule has 20 heavy (non-hydrogen) atoms. The lowest BCUT2D eigenvalue weighted by molar-refractivity contribution is 0.101. The molecule has 0 unspecified atom stereocenters. The first-order chi connectivity index (χ1) is 9.49.